The van der Waals surface area contributed by atoms with Crippen molar-refractivity contribution in [2.45, 2.75) is 4.90 Å². The third kappa shape index (κ3) is 4.40. The van der Waals surface area contributed by atoms with Gasteiger partial charge in [0.05, 0.1) is 28.1 Å². The lowest BCUT2D eigenvalue weighted by molar-refractivity contribution is 0.564. The van der Waals surface area contributed by atoms with Gasteiger partial charge in [-0.15, -0.1) is 10.2 Å². The first-order valence-electron chi connectivity index (χ1n) is 7.85. The maximum Gasteiger partial charge on any atom is 0.229 e. The molecule has 10 heteroatoms. The van der Waals surface area contributed by atoms with Crippen LogP contribution in [0.25, 0.3) is 10.8 Å². The average molecular weight is 414 g/mol. The zero-order chi connectivity index (χ0) is 20.3. The van der Waals surface area contributed by atoms with Crippen molar-refractivity contribution < 1.29 is 17.2 Å². The second-order valence-corrected chi connectivity index (χ2v) is 8.51. The van der Waals surface area contributed by atoms with E-state index in [2.05, 4.69) is 15.0 Å². The molecule has 0 aliphatic rings. The second kappa shape index (κ2) is 7.85. The summed E-state index contributed by atoms with van der Waals surface area (Å²) in [6.07, 6.45) is 1.01. The standard InChI is InChI=1S/C18H14N4O4S2/c1-28(25,26)22-18-9-8-17(14-7-6-13(27(23)24)10-15(14)18)21-20-16-5-3-2-4-12(16)11-19/h2-10,22H,1H3,(H,23,24). The van der Waals surface area contributed by atoms with Crippen LogP contribution in [0.5, 0.6) is 0 Å². The van der Waals surface area contributed by atoms with Crippen molar-refractivity contribution in [1.29, 1.82) is 5.26 Å². The number of hydrogen-bond donors (Lipinski definition) is 2. The number of azo groups is 1. The molecule has 0 fully saturated rings. The lowest BCUT2D eigenvalue weighted by Gasteiger charge is -2.10. The topological polar surface area (TPSA) is 132 Å². The summed E-state index contributed by atoms with van der Waals surface area (Å²) in [5.41, 5.74) is 1.42. The van der Waals surface area contributed by atoms with E-state index in [4.69, 9.17) is 5.26 Å². The molecule has 1 unspecified atom stereocenters. The third-order valence-electron chi connectivity index (χ3n) is 3.75. The molecule has 28 heavy (non-hydrogen) atoms. The highest BCUT2D eigenvalue weighted by atomic mass is 32.2. The molecule has 0 bridgehead atoms. The predicted molar refractivity (Wildman–Crippen MR) is 107 cm³/mol. The summed E-state index contributed by atoms with van der Waals surface area (Å²) in [6, 6.07) is 16.3. The first-order valence-corrected chi connectivity index (χ1v) is 10.8. The van der Waals surface area contributed by atoms with Crippen molar-refractivity contribution in [1.82, 2.24) is 0 Å². The number of hydrogen-bond acceptors (Lipinski definition) is 6. The van der Waals surface area contributed by atoms with Crippen LogP contribution in [0.2, 0.25) is 0 Å². The summed E-state index contributed by atoms with van der Waals surface area (Å²) >= 11 is -2.23. The number of fused-ring (bicyclic) bond motifs is 1. The molecule has 0 aromatic heterocycles. The van der Waals surface area contributed by atoms with Crippen molar-refractivity contribution in [3.63, 3.8) is 0 Å². The van der Waals surface area contributed by atoms with Crippen molar-refractivity contribution in [2.24, 2.45) is 10.2 Å². The fourth-order valence-corrected chi connectivity index (χ4v) is 3.54. The molecule has 0 aliphatic heterocycles. The lowest BCUT2D eigenvalue weighted by atomic mass is 10.1. The first-order chi connectivity index (χ1) is 13.3. The van der Waals surface area contributed by atoms with Gasteiger partial charge < -0.3 is 4.55 Å². The van der Waals surface area contributed by atoms with Crippen LogP contribution in [0.15, 0.2) is 69.7 Å². The van der Waals surface area contributed by atoms with E-state index in [1.807, 2.05) is 6.07 Å². The zero-order valence-corrected chi connectivity index (χ0v) is 16.2. The number of benzene rings is 3. The summed E-state index contributed by atoms with van der Waals surface area (Å²) in [4.78, 5) is 0.118. The van der Waals surface area contributed by atoms with Gasteiger partial charge in [-0.1, -0.05) is 18.2 Å². The average Bonchev–Trinajstić information content (AvgIpc) is 2.66. The van der Waals surface area contributed by atoms with Gasteiger partial charge in [0.15, 0.2) is 11.1 Å². The Bertz CT molecular complexity index is 1260. The molecule has 0 amide bonds. The van der Waals surface area contributed by atoms with Crippen LogP contribution in [0, 0.1) is 11.3 Å². The fraction of sp³-hybridized carbons (Fsp3) is 0.0556. The van der Waals surface area contributed by atoms with Crippen molar-refractivity contribution >= 4 is 48.9 Å². The summed E-state index contributed by atoms with van der Waals surface area (Å²) < 4.78 is 46.4. The molecule has 2 N–H and O–H groups in total. The lowest BCUT2D eigenvalue weighted by Crippen LogP contribution is -2.09. The summed E-state index contributed by atoms with van der Waals surface area (Å²) in [6.45, 7) is 0. The Labute approximate surface area is 163 Å². The number of anilines is 1. The van der Waals surface area contributed by atoms with Gasteiger partial charge in [0.25, 0.3) is 0 Å². The Morgan fingerprint density at radius 3 is 2.43 bits per heavy atom. The van der Waals surface area contributed by atoms with Crippen molar-refractivity contribution in [3.8, 4) is 6.07 Å². The van der Waals surface area contributed by atoms with E-state index in [0.717, 1.165) is 6.26 Å². The van der Waals surface area contributed by atoms with Crippen LogP contribution in [0.3, 0.4) is 0 Å². The molecule has 0 radical (unpaired) electrons. The highest BCUT2D eigenvalue weighted by Crippen LogP contribution is 2.35. The molecule has 3 aromatic carbocycles. The predicted octanol–water partition coefficient (Wildman–Crippen LogP) is 4.08. The van der Waals surface area contributed by atoms with E-state index in [-0.39, 0.29) is 10.6 Å². The molecule has 1 atom stereocenters. The van der Waals surface area contributed by atoms with E-state index >= 15 is 0 Å². The SMILES string of the molecule is CS(=O)(=O)Nc1ccc(N=Nc2ccccc2C#N)c2ccc(S(=O)O)cc12. The molecule has 3 rings (SSSR count). The minimum atomic E-state index is -3.56. The number of sulfonamides is 1. The highest BCUT2D eigenvalue weighted by molar-refractivity contribution is 7.92. The minimum Gasteiger partial charge on any atom is -0.302 e. The van der Waals surface area contributed by atoms with Crippen LogP contribution in [-0.2, 0) is 21.1 Å². The van der Waals surface area contributed by atoms with Crippen LogP contribution < -0.4 is 4.72 Å². The van der Waals surface area contributed by atoms with Gasteiger partial charge in [0.2, 0.25) is 10.0 Å². The van der Waals surface area contributed by atoms with E-state index < -0.39 is 21.1 Å². The van der Waals surface area contributed by atoms with Crippen LogP contribution in [0.4, 0.5) is 17.1 Å². The largest absolute Gasteiger partial charge is 0.302 e. The molecule has 0 saturated carbocycles. The molecular weight excluding hydrogens is 400 g/mol. The van der Waals surface area contributed by atoms with Gasteiger partial charge in [-0.3, -0.25) is 4.72 Å². The van der Waals surface area contributed by atoms with Crippen molar-refractivity contribution in [2.75, 3.05) is 11.0 Å². The Morgan fingerprint density at radius 2 is 1.75 bits per heavy atom. The first kappa shape index (κ1) is 19.6. The van der Waals surface area contributed by atoms with Gasteiger partial charge in [0, 0.05) is 10.8 Å². The van der Waals surface area contributed by atoms with Crippen LogP contribution >= 0.6 is 0 Å². The molecule has 0 spiro atoms. The molecular formula is C18H14N4O4S2. The van der Waals surface area contributed by atoms with Gasteiger partial charge in [0.1, 0.15) is 11.8 Å². The van der Waals surface area contributed by atoms with Gasteiger partial charge in [-0.25, -0.2) is 12.6 Å². The Balaban J connectivity index is 2.16. The highest BCUT2D eigenvalue weighted by Gasteiger charge is 2.12. The Morgan fingerprint density at radius 1 is 1.04 bits per heavy atom. The fourth-order valence-electron chi connectivity index (χ4n) is 2.56. The van der Waals surface area contributed by atoms with Crippen LogP contribution in [0.1, 0.15) is 5.56 Å². The Kier molecular flexibility index (Phi) is 5.51. The second-order valence-electron chi connectivity index (χ2n) is 5.79. The quantitative estimate of drug-likeness (QED) is 0.479. The van der Waals surface area contributed by atoms with E-state index in [1.165, 1.54) is 18.2 Å². The monoisotopic (exact) mass is 414 g/mol. The smallest absolute Gasteiger partial charge is 0.229 e. The molecule has 0 heterocycles. The molecule has 0 aliphatic carbocycles. The van der Waals surface area contributed by atoms with E-state index in [0.29, 0.717) is 27.7 Å². The van der Waals surface area contributed by atoms with Gasteiger partial charge in [-0.05, 0) is 36.4 Å². The minimum absolute atomic E-state index is 0.118. The maximum atomic E-state index is 11.6. The maximum absolute atomic E-state index is 11.6. The van der Waals surface area contributed by atoms with Crippen LogP contribution in [-0.4, -0.2) is 23.4 Å². The summed E-state index contributed by atoms with van der Waals surface area (Å²) in [7, 11) is -3.56. The molecule has 0 saturated heterocycles. The molecule has 8 nitrogen and oxygen atoms in total. The third-order valence-corrected chi connectivity index (χ3v) is 5.00. The van der Waals surface area contributed by atoms with Gasteiger partial charge in [-0.2, -0.15) is 5.26 Å². The molecule has 3 aromatic rings. The number of nitrogens with zero attached hydrogens (tertiary/aromatic N) is 3. The van der Waals surface area contributed by atoms with Gasteiger partial charge >= 0.3 is 0 Å². The number of nitriles is 1. The number of nitrogens with one attached hydrogen (secondary N) is 1. The Hall–Kier alpha value is -3.13. The zero-order valence-electron chi connectivity index (χ0n) is 14.5. The van der Waals surface area contributed by atoms with E-state index in [9.17, 15) is 17.2 Å². The van der Waals surface area contributed by atoms with Crippen molar-refractivity contribution in [3.05, 3.63) is 60.2 Å². The normalized spacial score (nSPS) is 12.8. The van der Waals surface area contributed by atoms with E-state index in [1.54, 1.807) is 36.4 Å². The summed E-state index contributed by atoms with van der Waals surface area (Å²) in [5, 5.41) is 18.4. The number of rotatable bonds is 5. The summed E-state index contributed by atoms with van der Waals surface area (Å²) in [5.74, 6) is 0. The molecule has 142 valence electrons.